The molecule has 0 unspecified atom stereocenters. The number of anilines is 1. The Kier molecular flexibility index (Phi) is 6.52. The number of amides is 1. The van der Waals surface area contributed by atoms with Gasteiger partial charge in [0.1, 0.15) is 11.6 Å². The molecule has 0 spiro atoms. The summed E-state index contributed by atoms with van der Waals surface area (Å²) in [6, 6.07) is 13.3. The lowest BCUT2D eigenvalue weighted by Gasteiger charge is -2.13. The van der Waals surface area contributed by atoms with Crippen molar-refractivity contribution >= 4 is 34.1 Å². The molecule has 0 saturated heterocycles. The molecule has 27 heavy (non-hydrogen) atoms. The van der Waals surface area contributed by atoms with Gasteiger partial charge < -0.3 is 0 Å². The second-order valence-corrected chi connectivity index (χ2v) is 7.92. The third kappa shape index (κ3) is 4.90. The molecule has 1 heterocycles. The van der Waals surface area contributed by atoms with E-state index in [-0.39, 0.29) is 23.1 Å². The predicted molar refractivity (Wildman–Crippen MR) is 104 cm³/mol. The first kappa shape index (κ1) is 19.4. The quantitative estimate of drug-likeness (QED) is 0.431. The molecule has 3 rings (SSSR count). The summed E-state index contributed by atoms with van der Waals surface area (Å²) in [5.41, 5.74) is 0.935. The number of rotatable bonds is 7. The van der Waals surface area contributed by atoms with Gasteiger partial charge in [0, 0.05) is 11.3 Å². The smallest absolute Gasteiger partial charge is 0.233 e. The van der Waals surface area contributed by atoms with Gasteiger partial charge in [-0.3, -0.25) is 10.1 Å². The molecule has 8 heteroatoms. The highest BCUT2D eigenvalue weighted by molar-refractivity contribution is 8.00. The molecule has 3 aromatic rings. The Morgan fingerprint density at radius 1 is 1.11 bits per heavy atom. The van der Waals surface area contributed by atoms with Gasteiger partial charge in [0.05, 0.1) is 5.92 Å². The van der Waals surface area contributed by atoms with Crippen LogP contribution in [0.5, 0.6) is 0 Å². The number of carbonyl (C=O) groups excluding carboxylic acids is 1. The van der Waals surface area contributed by atoms with Gasteiger partial charge in [-0.25, -0.2) is 8.78 Å². The van der Waals surface area contributed by atoms with Crippen LogP contribution in [0.25, 0.3) is 0 Å². The van der Waals surface area contributed by atoms with Gasteiger partial charge >= 0.3 is 0 Å². The molecule has 0 saturated carbocycles. The molecule has 1 N–H and O–H groups in total. The van der Waals surface area contributed by atoms with Crippen LogP contribution in [0.15, 0.2) is 52.9 Å². The number of nitrogens with one attached hydrogen (secondary N) is 1. The molecule has 0 aliphatic carbocycles. The molecular weight excluding hydrogens is 388 g/mol. The third-order valence-electron chi connectivity index (χ3n) is 3.96. The first-order valence-electron chi connectivity index (χ1n) is 8.33. The Balaban J connectivity index is 1.63. The number of hydrogen-bond donors (Lipinski definition) is 1. The van der Waals surface area contributed by atoms with E-state index in [1.54, 1.807) is 0 Å². The van der Waals surface area contributed by atoms with E-state index in [1.807, 2.05) is 37.3 Å². The summed E-state index contributed by atoms with van der Waals surface area (Å²) in [4.78, 5) is 12.5. The van der Waals surface area contributed by atoms with Crippen LogP contribution in [0.1, 0.15) is 30.4 Å². The van der Waals surface area contributed by atoms with Crippen LogP contribution in [0.2, 0.25) is 0 Å². The summed E-state index contributed by atoms with van der Waals surface area (Å²) in [7, 11) is 0. The van der Waals surface area contributed by atoms with E-state index in [2.05, 4.69) is 15.5 Å². The fourth-order valence-corrected chi connectivity index (χ4v) is 4.34. The highest BCUT2D eigenvalue weighted by Crippen LogP contribution is 2.30. The summed E-state index contributed by atoms with van der Waals surface area (Å²) < 4.78 is 27.9. The zero-order valence-electron chi connectivity index (χ0n) is 14.5. The summed E-state index contributed by atoms with van der Waals surface area (Å²) >= 11 is 2.35. The number of halogens is 2. The van der Waals surface area contributed by atoms with Gasteiger partial charge in [-0.2, -0.15) is 0 Å². The predicted octanol–water partition coefficient (Wildman–Crippen LogP) is 5.24. The first-order chi connectivity index (χ1) is 13.1. The van der Waals surface area contributed by atoms with Crippen LogP contribution in [0.4, 0.5) is 13.9 Å². The summed E-state index contributed by atoms with van der Waals surface area (Å²) in [6.07, 6.45) is 0.656. The fourth-order valence-electron chi connectivity index (χ4n) is 2.57. The van der Waals surface area contributed by atoms with Crippen molar-refractivity contribution in [1.29, 1.82) is 0 Å². The summed E-state index contributed by atoms with van der Waals surface area (Å²) in [6.45, 7) is 1.95. The Labute approximate surface area is 164 Å². The molecular formula is C19H17F2N3OS2. The lowest BCUT2D eigenvalue weighted by Crippen LogP contribution is -2.20. The van der Waals surface area contributed by atoms with Crippen LogP contribution in [0, 0.1) is 11.6 Å². The van der Waals surface area contributed by atoms with Crippen molar-refractivity contribution in [1.82, 2.24) is 10.2 Å². The average Bonchev–Trinajstić information content (AvgIpc) is 3.10. The van der Waals surface area contributed by atoms with E-state index in [0.29, 0.717) is 15.9 Å². The average molecular weight is 405 g/mol. The van der Waals surface area contributed by atoms with Crippen molar-refractivity contribution in [3.63, 3.8) is 0 Å². The zero-order chi connectivity index (χ0) is 19.2. The van der Waals surface area contributed by atoms with Crippen LogP contribution in [-0.4, -0.2) is 16.1 Å². The molecule has 1 atom stereocenters. The lowest BCUT2D eigenvalue weighted by atomic mass is 9.96. The number of thioether (sulfide) groups is 1. The Hall–Kier alpha value is -2.32. The number of hydrogen-bond acceptors (Lipinski definition) is 5. The van der Waals surface area contributed by atoms with E-state index in [1.165, 1.54) is 41.3 Å². The van der Waals surface area contributed by atoms with Crippen molar-refractivity contribution in [2.45, 2.75) is 29.4 Å². The molecule has 0 fully saturated rings. The van der Waals surface area contributed by atoms with E-state index in [0.717, 1.165) is 5.56 Å². The van der Waals surface area contributed by atoms with Crippen LogP contribution in [-0.2, 0) is 10.5 Å². The van der Waals surface area contributed by atoms with Crippen molar-refractivity contribution in [2.75, 3.05) is 5.32 Å². The number of benzene rings is 2. The largest absolute Gasteiger partial charge is 0.300 e. The first-order valence-corrected chi connectivity index (χ1v) is 10.1. The monoisotopic (exact) mass is 405 g/mol. The molecule has 2 aromatic carbocycles. The van der Waals surface area contributed by atoms with Crippen molar-refractivity contribution in [3.05, 3.63) is 71.3 Å². The van der Waals surface area contributed by atoms with E-state index in [4.69, 9.17) is 0 Å². The highest BCUT2D eigenvalue weighted by Gasteiger charge is 2.20. The standard InChI is InChI=1S/C19H17F2N3OS2/c1-2-13(12-7-4-3-5-8-12)17(25)22-18-23-24-19(27-18)26-11-14-15(20)9-6-10-16(14)21/h3-10,13H,2,11H2,1H3,(H,22,23,25)/t13-/m1/s1. The molecule has 0 bridgehead atoms. The molecule has 140 valence electrons. The normalized spacial score (nSPS) is 12.0. The molecule has 0 aliphatic heterocycles. The van der Waals surface area contributed by atoms with Gasteiger partial charge in [0.15, 0.2) is 4.34 Å². The van der Waals surface area contributed by atoms with Gasteiger partial charge in [-0.15, -0.1) is 10.2 Å². The maximum Gasteiger partial charge on any atom is 0.233 e. The van der Waals surface area contributed by atoms with Crippen LogP contribution >= 0.6 is 23.1 Å². The van der Waals surface area contributed by atoms with Crippen LogP contribution < -0.4 is 5.32 Å². The fraction of sp³-hybridized carbons (Fsp3) is 0.211. The summed E-state index contributed by atoms with van der Waals surface area (Å²) in [5, 5.41) is 11.1. The van der Waals surface area contributed by atoms with Gasteiger partial charge in [-0.1, -0.05) is 66.4 Å². The highest BCUT2D eigenvalue weighted by atomic mass is 32.2. The second kappa shape index (κ2) is 9.05. The van der Waals surface area contributed by atoms with E-state index >= 15 is 0 Å². The molecule has 0 aliphatic rings. The molecule has 1 amide bonds. The van der Waals surface area contributed by atoms with E-state index in [9.17, 15) is 13.6 Å². The Bertz CT molecular complexity index is 898. The molecule has 1 aromatic heterocycles. The van der Waals surface area contributed by atoms with Gasteiger partial charge in [-0.05, 0) is 24.1 Å². The molecule has 0 radical (unpaired) electrons. The van der Waals surface area contributed by atoms with Gasteiger partial charge in [0.2, 0.25) is 11.0 Å². The number of aromatic nitrogens is 2. The topological polar surface area (TPSA) is 54.9 Å². The van der Waals surface area contributed by atoms with Crippen molar-refractivity contribution in [2.24, 2.45) is 0 Å². The minimum absolute atomic E-state index is 0.00147. The summed E-state index contributed by atoms with van der Waals surface area (Å²) in [5.74, 6) is -1.51. The number of carbonyl (C=O) groups is 1. The maximum absolute atomic E-state index is 13.7. The third-order valence-corrected chi connectivity index (χ3v) is 5.96. The minimum Gasteiger partial charge on any atom is -0.300 e. The SMILES string of the molecule is CC[C@@H](C(=O)Nc1nnc(SCc2c(F)cccc2F)s1)c1ccccc1. The maximum atomic E-state index is 13.7. The Morgan fingerprint density at radius 3 is 2.48 bits per heavy atom. The molecule has 4 nitrogen and oxygen atoms in total. The Morgan fingerprint density at radius 2 is 1.81 bits per heavy atom. The lowest BCUT2D eigenvalue weighted by molar-refractivity contribution is -0.117. The van der Waals surface area contributed by atoms with Crippen LogP contribution in [0.3, 0.4) is 0 Å². The minimum atomic E-state index is -0.589. The number of nitrogens with zero attached hydrogens (tertiary/aromatic N) is 2. The van der Waals surface area contributed by atoms with Gasteiger partial charge in [0.25, 0.3) is 0 Å². The van der Waals surface area contributed by atoms with Crippen molar-refractivity contribution in [3.8, 4) is 0 Å². The zero-order valence-corrected chi connectivity index (χ0v) is 16.1. The van der Waals surface area contributed by atoms with Crippen molar-refractivity contribution < 1.29 is 13.6 Å². The van der Waals surface area contributed by atoms with E-state index < -0.39 is 11.6 Å². The second-order valence-electron chi connectivity index (χ2n) is 5.72.